The van der Waals surface area contributed by atoms with Crippen molar-refractivity contribution in [1.29, 1.82) is 0 Å². The number of allylic oxidation sites excluding steroid dienone is 1. The number of carbonyl (C=O) groups excluding carboxylic acids is 1. The summed E-state index contributed by atoms with van der Waals surface area (Å²) < 4.78 is 5.28. The first kappa shape index (κ1) is 12.4. The van der Waals surface area contributed by atoms with Gasteiger partial charge in [0.2, 0.25) is 0 Å². The van der Waals surface area contributed by atoms with Gasteiger partial charge in [-0.1, -0.05) is 32.3 Å². The van der Waals surface area contributed by atoms with E-state index in [0.717, 1.165) is 19.1 Å². The van der Waals surface area contributed by atoms with Gasteiger partial charge in [-0.25, -0.2) is 0 Å². The van der Waals surface area contributed by atoms with Crippen molar-refractivity contribution in [2.75, 3.05) is 7.11 Å². The predicted octanol–water partition coefficient (Wildman–Crippen LogP) is 2.73. The minimum absolute atomic E-state index is 0.280. The molecule has 13 heavy (non-hydrogen) atoms. The van der Waals surface area contributed by atoms with Crippen LogP contribution in [0, 0.1) is 0 Å². The number of hydrogen-bond donors (Lipinski definition) is 0. The second kappa shape index (κ2) is 9.46. The van der Waals surface area contributed by atoms with E-state index in [1.807, 2.05) is 6.08 Å². The van der Waals surface area contributed by atoms with Gasteiger partial charge in [-0.15, -0.1) is 0 Å². The fourth-order valence-corrected chi connectivity index (χ4v) is 1.24. The minimum atomic E-state index is 0.280. The van der Waals surface area contributed by atoms with Gasteiger partial charge in [0.25, 0.3) is 0 Å². The third kappa shape index (κ3) is 7.72. The molecular formula is C11H20O2. The van der Waals surface area contributed by atoms with Crippen LogP contribution in [0.25, 0.3) is 0 Å². The Labute approximate surface area is 81.0 Å². The van der Waals surface area contributed by atoms with Crippen molar-refractivity contribution in [3.63, 3.8) is 0 Å². The van der Waals surface area contributed by atoms with Crippen molar-refractivity contribution >= 4 is 6.29 Å². The molecule has 0 radical (unpaired) electrons. The Balaban J connectivity index is 3.50. The van der Waals surface area contributed by atoms with Crippen molar-refractivity contribution in [3.05, 3.63) is 12.2 Å². The van der Waals surface area contributed by atoms with Gasteiger partial charge in [-0.2, -0.15) is 0 Å². The van der Waals surface area contributed by atoms with E-state index in [1.165, 1.54) is 25.3 Å². The average molecular weight is 184 g/mol. The van der Waals surface area contributed by atoms with Gasteiger partial charge in [-0.05, 0) is 18.9 Å². The van der Waals surface area contributed by atoms with Crippen LogP contribution in [0.3, 0.4) is 0 Å². The molecule has 0 amide bonds. The molecule has 1 unspecified atom stereocenters. The normalized spacial score (nSPS) is 13.4. The topological polar surface area (TPSA) is 26.3 Å². The van der Waals surface area contributed by atoms with Crippen molar-refractivity contribution in [1.82, 2.24) is 0 Å². The molecule has 0 spiro atoms. The Hall–Kier alpha value is -0.630. The first-order chi connectivity index (χ1) is 6.35. The summed E-state index contributed by atoms with van der Waals surface area (Å²) in [6, 6.07) is 0. The molecule has 0 heterocycles. The summed E-state index contributed by atoms with van der Waals surface area (Å²) in [6.07, 6.45) is 10.1. The second-order valence-corrected chi connectivity index (χ2v) is 3.15. The Morgan fingerprint density at radius 1 is 1.38 bits per heavy atom. The van der Waals surface area contributed by atoms with E-state index in [9.17, 15) is 4.79 Å². The highest BCUT2D eigenvalue weighted by molar-refractivity contribution is 5.64. The third-order valence-electron chi connectivity index (χ3n) is 2.08. The van der Waals surface area contributed by atoms with E-state index < -0.39 is 0 Å². The highest BCUT2D eigenvalue weighted by Gasteiger charge is 2.03. The van der Waals surface area contributed by atoms with Gasteiger partial charge in [0.1, 0.15) is 6.29 Å². The molecule has 0 saturated carbocycles. The quantitative estimate of drug-likeness (QED) is 0.329. The number of carbonyl (C=O) groups is 1. The van der Waals surface area contributed by atoms with Crippen LogP contribution in [-0.2, 0) is 9.53 Å². The van der Waals surface area contributed by atoms with E-state index in [1.54, 1.807) is 7.11 Å². The van der Waals surface area contributed by atoms with Crippen LogP contribution in [0.2, 0.25) is 0 Å². The number of rotatable bonds is 8. The van der Waals surface area contributed by atoms with Crippen molar-refractivity contribution in [2.45, 2.75) is 45.1 Å². The molecule has 0 aliphatic rings. The molecule has 0 fully saturated rings. The zero-order chi connectivity index (χ0) is 9.94. The largest absolute Gasteiger partial charge is 0.381 e. The van der Waals surface area contributed by atoms with Gasteiger partial charge in [0, 0.05) is 7.11 Å². The third-order valence-corrected chi connectivity index (χ3v) is 2.08. The first-order valence-corrected chi connectivity index (χ1v) is 4.98. The lowest BCUT2D eigenvalue weighted by atomic mass is 10.1. The lowest BCUT2D eigenvalue weighted by molar-refractivity contribution is -0.104. The molecule has 0 aromatic carbocycles. The van der Waals surface area contributed by atoms with Gasteiger partial charge >= 0.3 is 0 Å². The molecule has 0 saturated heterocycles. The summed E-state index contributed by atoms with van der Waals surface area (Å²) in [4.78, 5) is 10.0. The first-order valence-electron chi connectivity index (χ1n) is 4.98. The Kier molecular flexibility index (Phi) is 9.00. The summed E-state index contributed by atoms with van der Waals surface area (Å²) in [6.45, 7) is 2.19. The summed E-state index contributed by atoms with van der Waals surface area (Å²) in [5.41, 5.74) is 0. The number of aldehydes is 1. The van der Waals surface area contributed by atoms with E-state index in [2.05, 4.69) is 6.92 Å². The Bertz CT molecular complexity index is 141. The zero-order valence-corrected chi connectivity index (χ0v) is 8.66. The smallest absolute Gasteiger partial charge is 0.142 e. The molecule has 0 aliphatic carbocycles. The Morgan fingerprint density at radius 2 is 2.15 bits per heavy atom. The number of ether oxygens (including phenoxy) is 1. The molecule has 0 bridgehead atoms. The predicted molar refractivity (Wildman–Crippen MR) is 54.8 cm³/mol. The maximum absolute atomic E-state index is 10.0. The minimum Gasteiger partial charge on any atom is -0.381 e. The zero-order valence-electron chi connectivity index (χ0n) is 8.66. The van der Waals surface area contributed by atoms with E-state index in [0.29, 0.717) is 0 Å². The summed E-state index contributed by atoms with van der Waals surface area (Å²) >= 11 is 0. The molecule has 0 rings (SSSR count). The van der Waals surface area contributed by atoms with Crippen LogP contribution in [-0.4, -0.2) is 19.5 Å². The van der Waals surface area contributed by atoms with E-state index >= 15 is 0 Å². The molecular weight excluding hydrogens is 164 g/mol. The maximum atomic E-state index is 10.0. The maximum Gasteiger partial charge on any atom is 0.142 e. The lowest BCUT2D eigenvalue weighted by Crippen LogP contribution is -2.08. The van der Waals surface area contributed by atoms with E-state index in [-0.39, 0.29) is 6.10 Å². The number of unbranched alkanes of at least 4 members (excludes halogenated alkanes) is 2. The average Bonchev–Trinajstić information content (AvgIpc) is 2.16. The van der Waals surface area contributed by atoms with Crippen LogP contribution in [0.1, 0.15) is 39.0 Å². The van der Waals surface area contributed by atoms with Gasteiger partial charge in [-0.3, -0.25) is 4.79 Å². The Morgan fingerprint density at radius 3 is 2.69 bits per heavy atom. The van der Waals surface area contributed by atoms with Crippen molar-refractivity contribution in [2.24, 2.45) is 0 Å². The van der Waals surface area contributed by atoms with Crippen LogP contribution in [0.5, 0.6) is 0 Å². The number of hydrogen-bond acceptors (Lipinski definition) is 2. The highest BCUT2D eigenvalue weighted by atomic mass is 16.5. The van der Waals surface area contributed by atoms with Gasteiger partial charge < -0.3 is 4.74 Å². The molecule has 1 atom stereocenters. The second-order valence-electron chi connectivity index (χ2n) is 3.15. The van der Waals surface area contributed by atoms with Crippen LogP contribution >= 0.6 is 0 Å². The lowest BCUT2D eigenvalue weighted by Gasteiger charge is -2.12. The molecule has 76 valence electrons. The summed E-state index contributed by atoms with van der Waals surface area (Å²) in [7, 11) is 1.73. The fourth-order valence-electron chi connectivity index (χ4n) is 1.24. The summed E-state index contributed by atoms with van der Waals surface area (Å²) in [5.74, 6) is 0. The number of methoxy groups -OCH3 is 1. The monoisotopic (exact) mass is 184 g/mol. The standard InChI is InChI=1S/C11H20O2/c1-3-4-5-8-11(13-2)9-6-7-10-12/h6-7,10-11H,3-5,8-9H2,1-2H3. The highest BCUT2D eigenvalue weighted by Crippen LogP contribution is 2.09. The van der Waals surface area contributed by atoms with Gasteiger partial charge in [0.05, 0.1) is 6.10 Å². The van der Waals surface area contributed by atoms with Crippen molar-refractivity contribution in [3.8, 4) is 0 Å². The molecule has 2 heteroatoms. The van der Waals surface area contributed by atoms with Crippen LogP contribution < -0.4 is 0 Å². The van der Waals surface area contributed by atoms with E-state index in [4.69, 9.17) is 4.74 Å². The molecule has 0 aliphatic heterocycles. The van der Waals surface area contributed by atoms with Crippen LogP contribution in [0.15, 0.2) is 12.2 Å². The molecule has 0 aromatic rings. The molecule has 2 nitrogen and oxygen atoms in total. The van der Waals surface area contributed by atoms with Gasteiger partial charge in [0.15, 0.2) is 0 Å². The van der Waals surface area contributed by atoms with Crippen molar-refractivity contribution < 1.29 is 9.53 Å². The SMILES string of the molecule is CCCCCC(CC=CC=O)OC. The molecule has 0 N–H and O–H groups in total. The fraction of sp³-hybridized carbons (Fsp3) is 0.727. The molecule has 0 aromatic heterocycles. The summed E-state index contributed by atoms with van der Waals surface area (Å²) in [5, 5.41) is 0. The van der Waals surface area contributed by atoms with Crippen LogP contribution in [0.4, 0.5) is 0 Å².